The summed E-state index contributed by atoms with van der Waals surface area (Å²) in [6.45, 7) is 10.2. The highest BCUT2D eigenvalue weighted by molar-refractivity contribution is 6.91. The number of alkyl halides is 2. The SMILES string of the molecule is CC(C)[SiH2]O[Si](c1c(F)c(F)c2c(c1F)-c1c([c]c(F)c(F)c1F)C2(F)F)(C(C)C)C(C)C. The van der Waals surface area contributed by atoms with Gasteiger partial charge >= 0.3 is 5.92 Å². The van der Waals surface area contributed by atoms with Crippen molar-refractivity contribution in [2.45, 2.75) is 64.1 Å². The molecule has 0 saturated carbocycles. The van der Waals surface area contributed by atoms with Crippen molar-refractivity contribution in [3.8, 4) is 11.1 Å². The molecular weight excluding hydrogens is 488 g/mol. The standard InChI is InChI=1S/C22H23F8OSi2/c1-8(2)32-31-33(9(3)4,10(5)6)21-18(26)14-13-11(7-12(23)16(24)17(13)25)22(29,30)15(14)19(27)20(21)28/h8-10H,32H2,1-6H3. The van der Waals surface area contributed by atoms with Crippen LogP contribution < -0.4 is 5.19 Å². The number of hydrogen-bond donors (Lipinski definition) is 0. The van der Waals surface area contributed by atoms with Gasteiger partial charge in [0.05, 0.1) is 5.56 Å². The third-order valence-corrected chi connectivity index (χ3v) is 13.9. The van der Waals surface area contributed by atoms with Crippen LogP contribution >= 0.6 is 0 Å². The number of halogens is 8. The highest BCUT2D eigenvalue weighted by atomic mass is 28.4. The van der Waals surface area contributed by atoms with E-state index < -0.39 is 97.4 Å². The van der Waals surface area contributed by atoms with Gasteiger partial charge in [0, 0.05) is 27.9 Å². The first kappa shape index (κ1) is 25.9. The summed E-state index contributed by atoms with van der Waals surface area (Å²) in [5.74, 6) is -16.4. The molecule has 0 bridgehead atoms. The molecule has 33 heavy (non-hydrogen) atoms. The highest BCUT2D eigenvalue weighted by Gasteiger charge is 2.56. The first-order valence-electron chi connectivity index (χ1n) is 10.5. The van der Waals surface area contributed by atoms with Crippen molar-refractivity contribution in [1.82, 2.24) is 0 Å². The smallest absolute Gasteiger partial charge is 0.303 e. The van der Waals surface area contributed by atoms with Crippen LogP contribution in [-0.4, -0.2) is 18.1 Å². The second kappa shape index (κ2) is 8.49. The van der Waals surface area contributed by atoms with E-state index in [0.717, 1.165) is 0 Å². The first-order chi connectivity index (χ1) is 15.1. The van der Waals surface area contributed by atoms with E-state index in [2.05, 4.69) is 0 Å². The third-order valence-electron chi connectivity index (χ3n) is 6.05. The van der Waals surface area contributed by atoms with Gasteiger partial charge in [-0.1, -0.05) is 41.5 Å². The van der Waals surface area contributed by atoms with Crippen LogP contribution in [0.4, 0.5) is 35.1 Å². The minimum Gasteiger partial charge on any atom is -0.456 e. The van der Waals surface area contributed by atoms with Gasteiger partial charge in [0.2, 0.25) is 8.32 Å². The Balaban J connectivity index is 2.51. The maximum Gasteiger partial charge on any atom is 0.303 e. The third kappa shape index (κ3) is 3.58. The summed E-state index contributed by atoms with van der Waals surface area (Å²) in [5.41, 5.74) is -7.03. The molecule has 3 rings (SSSR count). The summed E-state index contributed by atoms with van der Waals surface area (Å²) in [6.07, 6.45) is 0. The van der Waals surface area contributed by atoms with Gasteiger partial charge in [-0.05, 0) is 16.6 Å². The molecule has 0 aliphatic heterocycles. The highest BCUT2D eigenvalue weighted by Crippen LogP contribution is 2.55. The van der Waals surface area contributed by atoms with E-state index >= 15 is 13.2 Å². The maximum absolute atomic E-state index is 16.0. The molecule has 0 N–H and O–H groups in total. The quantitative estimate of drug-likeness (QED) is 0.190. The van der Waals surface area contributed by atoms with Crippen molar-refractivity contribution in [1.29, 1.82) is 0 Å². The fraction of sp³-hybridized carbons (Fsp3) is 0.455. The number of hydrogen-bond acceptors (Lipinski definition) is 1. The van der Waals surface area contributed by atoms with Gasteiger partial charge in [-0.15, -0.1) is 0 Å². The molecule has 1 aliphatic carbocycles. The molecule has 181 valence electrons. The van der Waals surface area contributed by atoms with Gasteiger partial charge in [0.1, 0.15) is 15.6 Å². The van der Waals surface area contributed by atoms with Gasteiger partial charge in [0.25, 0.3) is 0 Å². The van der Waals surface area contributed by atoms with Crippen molar-refractivity contribution < 1.29 is 39.2 Å². The van der Waals surface area contributed by atoms with Crippen LogP contribution in [0.25, 0.3) is 11.1 Å². The van der Waals surface area contributed by atoms with E-state index in [1.54, 1.807) is 27.7 Å². The molecule has 0 unspecified atom stereocenters. The summed E-state index contributed by atoms with van der Waals surface area (Å²) in [6, 6.07) is 1.35. The molecule has 0 heterocycles. The number of fused-ring (bicyclic) bond motifs is 3. The topological polar surface area (TPSA) is 9.23 Å². The summed E-state index contributed by atoms with van der Waals surface area (Å²) >= 11 is 0. The Labute approximate surface area is 190 Å². The van der Waals surface area contributed by atoms with Crippen molar-refractivity contribution in [2.75, 3.05) is 0 Å². The average Bonchev–Trinajstić information content (AvgIpc) is 2.93. The molecule has 1 aliphatic rings. The van der Waals surface area contributed by atoms with Crippen LogP contribution in [0.3, 0.4) is 0 Å². The Morgan fingerprint density at radius 3 is 1.79 bits per heavy atom. The molecule has 2 aromatic rings. The van der Waals surface area contributed by atoms with Crippen LogP contribution in [0.2, 0.25) is 16.6 Å². The van der Waals surface area contributed by atoms with Gasteiger partial charge in [-0.2, -0.15) is 8.78 Å². The van der Waals surface area contributed by atoms with E-state index in [-0.39, 0.29) is 5.54 Å². The van der Waals surface area contributed by atoms with Gasteiger partial charge in [-0.3, -0.25) is 0 Å². The zero-order valence-electron chi connectivity index (χ0n) is 18.9. The summed E-state index contributed by atoms with van der Waals surface area (Å²) in [4.78, 5) is 0. The Hall–Kier alpha value is -1.73. The van der Waals surface area contributed by atoms with Crippen LogP contribution in [0.1, 0.15) is 52.7 Å². The van der Waals surface area contributed by atoms with Crippen molar-refractivity contribution >= 4 is 23.3 Å². The lowest BCUT2D eigenvalue weighted by Crippen LogP contribution is -2.60. The minimum atomic E-state index is -4.53. The second-order valence-corrected chi connectivity index (χ2v) is 16.8. The molecule has 0 saturated heterocycles. The average molecular weight is 512 g/mol. The van der Waals surface area contributed by atoms with E-state index in [9.17, 15) is 22.0 Å². The fourth-order valence-corrected chi connectivity index (χ4v) is 13.7. The monoisotopic (exact) mass is 511 g/mol. The molecule has 0 aromatic heterocycles. The largest absolute Gasteiger partial charge is 0.456 e. The Kier molecular flexibility index (Phi) is 6.66. The molecule has 0 fully saturated rings. The summed E-state index contributed by atoms with van der Waals surface area (Å²) in [7, 11) is -5.11. The Bertz CT molecular complexity index is 1110. The summed E-state index contributed by atoms with van der Waals surface area (Å²) < 4.78 is 125. The minimum absolute atomic E-state index is 0.0638. The molecule has 1 nitrogen and oxygen atoms in total. The normalized spacial score (nSPS) is 15.4. The Morgan fingerprint density at radius 1 is 0.758 bits per heavy atom. The second-order valence-electron chi connectivity index (χ2n) is 9.27. The molecular formula is C22H23F8OSi2. The lowest BCUT2D eigenvalue weighted by molar-refractivity contribution is 0.0424. The maximum atomic E-state index is 16.0. The van der Waals surface area contributed by atoms with E-state index in [0.29, 0.717) is 0 Å². The van der Waals surface area contributed by atoms with Crippen LogP contribution in [0, 0.1) is 41.0 Å². The van der Waals surface area contributed by atoms with Gasteiger partial charge < -0.3 is 4.12 Å². The lowest BCUT2D eigenvalue weighted by atomic mass is 10.0. The van der Waals surface area contributed by atoms with E-state index in [1.165, 1.54) is 6.07 Å². The zero-order valence-corrected chi connectivity index (χ0v) is 21.3. The van der Waals surface area contributed by atoms with Crippen LogP contribution in [-0.2, 0) is 10.0 Å². The Morgan fingerprint density at radius 2 is 1.30 bits per heavy atom. The van der Waals surface area contributed by atoms with Gasteiger partial charge in [-0.25, -0.2) is 26.3 Å². The predicted molar refractivity (Wildman–Crippen MR) is 114 cm³/mol. The van der Waals surface area contributed by atoms with Crippen molar-refractivity contribution in [2.24, 2.45) is 0 Å². The van der Waals surface area contributed by atoms with Crippen molar-refractivity contribution in [3.05, 3.63) is 52.1 Å². The fourth-order valence-electron chi connectivity index (χ4n) is 4.63. The van der Waals surface area contributed by atoms with Crippen molar-refractivity contribution in [3.63, 3.8) is 0 Å². The van der Waals surface area contributed by atoms with Crippen LogP contribution in [0.15, 0.2) is 0 Å². The molecule has 0 atom stereocenters. The molecule has 11 heteroatoms. The lowest BCUT2D eigenvalue weighted by Gasteiger charge is -2.40. The van der Waals surface area contributed by atoms with E-state index in [1.807, 2.05) is 13.8 Å². The summed E-state index contributed by atoms with van der Waals surface area (Å²) in [5, 5.41) is -0.829. The molecule has 0 spiro atoms. The number of rotatable bonds is 6. The predicted octanol–water partition coefficient (Wildman–Crippen LogP) is 6.34. The molecule has 0 amide bonds. The van der Waals surface area contributed by atoms with Gasteiger partial charge in [0.15, 0.2) is 29.1 Å². The first-order valence-corrected chi connectivity index (χ1v) is 13.9. The zero-order chi connectivity index (χ0) is 25.2. The van der Waals surface area contributed by atoms with Crippen LogP contribution in [0.5, 0.6) is 0 Å². The number of benzene rings is 2. The molecule has 1 radical (unpaired) electrons. The molecule has 2 aromatic carbocycles. The van der Waals surface area contributed by atoms with E-state index in [4.69, 9.17) is 4.12 Å².